The topological polar surface area (TPSA) is 101 Å². The number of non-ortho nitro benzene ring substituents is 1. The van der Waals surface area contributed by atoms with Crippen molar-refractivity contribution in [1.29, 1.82) is 0 Å². The van der Waals surface area contributed by atoms with Crippen LogP contribution in [0.5, 0.6) is 0 Å². The lowest BCUT2D eigenvalue weighted by Gasteiger charge is -2.16. The Kier molecular flexibility index (Phi) is 4.41. The van der Waals surface area contributed by atoms with Gasteiger partial charge in [-0.3, -0.25) is 30.6 Å². The number of nitrogens with zero attached hydrogens (tertiary/aromatic N) is 1. The first-order valence-corrected chi connectivity index (χ1v) is 7.91. The third kappa shape index (κ3) is 3.46. The van der Waals surface area contributed by atoms with Crippen molar-refractivity contribution in [3.63, 3.8) is 0 Å². The molecular weight excluding hydrogens is 346 g/mol. The van der Waals surface area contributed by atoms with Gasteiger partial charge in [0.05, 0.1) is 10.3 Å². The number of hydrogen-bond acceptors (Lipinski definition) is 4. The van der Waals surface area contributed by atoms with Gasteiger partial charge in [-0.05, 0) is 42.7 Å². The molecule has 0 aromatic heterocycles. The average molecular weight is 360 g/mol. The summed E-state index contributed by atoms with van der Waals surface area (Å²) in [4.78, 5) is 34.6. The molecule has 128 valence electrons. The molecule has 0 atom stereocenters. The zero-order valence-corrected chi connectivity index (χ0v) is 13.7. The van der Waals surface area contributed by atoms with Crippen LogP contribution in [0.4, 0.5) is 5.69 Å². The molecule has 1 aliphatic rings. The third-order valence-corrected chi connectivity index (χ3v) is 4.43. The van der Waals surface area contributed by atoms with Crippen LogP contribution in [0, 0.1) is 10.1 Å². The Bertz CT molecular complexity index is 847. The first-order valence-electron chi connectivity index (χ1n) is 7.54. The summed E-state index contributed by atoms with van der Waals surface area (Å²) >= 11 is 5.98. The summed E-state index contributed by atoms with van der Waals surface area (Å²) in [6.07, 6.45) is 1.35. The van der Waals surface area contributed by atoms with Gasteiger partial charge in [0.15, 0.2) is 0 Å². The van der Waals surface area contributed by atoms with Gasteiger partial charge in [-0.25, -0.2) is 0 Å². The first-order chi connectivity index (χ1) is 11.9. The fourth-order valence-electron chi connectivity index (χ4n) is 2.60. The van der Waals surface area contributed by atoms with Crippen molar-refractivity contribution in [1.82, 2.24) is 10.9 Å². The fraction of sp³-hybridized carbons (Fsp3) is 0.176. The Balaban J connectivity index is 1.64. The van der Waals surface area contributed by atoms with Crippen LogP contribution in [-0.2, 0) is 10.2 Å². The lowest BCUT2D eigenvalue weighted by atomic mass is 9.95. The molecule has 8 heteroatoms. The number of nitro groups is 1. The van der Waals surface area contributed by atoms with E-state index in [1.807, 2.05) is 6.07 Å². The number of hydrazine groups is 1. The first kappa shape index (κ1) is 16.9. The van der Waals surface area contributed by atoms with Crippen LogP contribution in [0.2, 0.25) is 5.02 Å². The van der Waals surface area contributed by atoms with Gasteiger partial charge >= 0.3 is 0 Å². The number of benzene rings is 2. The number of nitro benzene ring substituents is 1. The van der Waals surface area contributed by atoms with Crippen molar-refractivity contribution in [2.45, 2.75) is 18.3 Å². The Labute approximate surface area is 148 Å². The van der Waals surface area contributed by atoms with Gasteiger partial charge in [-0.15, -0.1) is 0 Å². The quantitative estimate of drug-likeness (QED) is 0.647. The Morgan fingerprint density at radius 3 is 2.32 bits per heavy atom. The third-order valence-electron chi connectivity index (χ3n) is 4.19. The maximum Gasteiger partial charge on any atom is 0.269 e. The maximum absolute atomic E-state index is 12.5. The second kappa shape index (κ2) is 6.52. The number of carbonyl (C=O) groups excluding carboxylic acids is 2. The summed E-state index contributed by atoms with van der Waals surface area (Å²) < 4.78 is 0. The van der Waals surface area contributed by atoms with E-state index in [-0.39, 0.29) is 17.2 Å². The van der Waals surface area contributed by atoms with E-state index in [0.29, 0.717) is 17.9 Å². The molecule has 0 saturated heterocycles. The second-order valence-electron chi connectivity index (χ2n) is 5.80. The van der Waals surface area contributed by atoms with E-state index in [1.165, 1.54) is 24.3 Å². The van der Waals surface area contributed by atoms with Gasteiger partial charge in [0.1, 0.15) is 0 Å². The molecule has 0 bridgehead atoms. The monoisotopic (exact) mass is 359 g/mol. The smallest absolute Gasteiger partial charge is 0.269 e. The molecule has 0 heterocycles. The Morgan fingerprint density at radius 2 is 1.76 bits per heavy atom. The summed E-state index contributed by atoms with van der Waals surface area (Å²) in [5, 5.41) is 11.2. The van der Waals surface area contributed by atoms with Crippen molar-refractivity contribution in [2.75, 3.05) is 0 Å². The minimum Gasteiger partial charge on any atom is -0.272 e. The molecule has 25 heavy (non-hydrogen) atoms. The molecule has 2 N–H and O–H groups in total. The molecule has 1 aliphatic carbocycles. The normalized spacial score (nSPS) is 14.4. The Morgan fingerprint density at radius 1 is 1.08 bits per heavy atom. The number of amides is 2. The van der Waals surface area contributed by atoms with Gasteiger partial charge < -0.3 is 0 Å². The van der Waals surface area contributed by atoms with Crippen molar-refractivity contribution < 1.29 is 14.5 Å². The zero-order valence-electron chi connectivity index (χ0n) is 13.0. The van der Waals surface area contributed by atoms with Crippen molar-refractivity contribution in [3.8, 4) is 0 Å². The number of hydrogen-bond donors (Lipinski definition) is 2. The SMILES string of the molecule is O=C(NNC(=O)C1(c2cccc(Cl)c2)CC1)c1ccc([N+](=O)[O-])cc1. The van der Waals surface area contributed by atoms with Gasteiger partial charge in [0, 0.05) is 22.7 Å². The van der Waals surface area contributed by atoms with E-state index in [0.717, 1.165) is 5.56 Å². The molecule has 0 spiro atoms. The van der Waals surface area contributed by atoms with Crippen LogP contribution in [0.3, 0.4) is 0 Å². The van der Waals surface area contributed by atoms with E-state index in [2.05, 4.69) is 10.9 Å². The van der Waals surface area contributed by atoms with Crippen LogP contribution in [0.15, 0.2) is 48.5 Å². The van der Waals surface area contributed by atoms with E-state index in [1.54, 1.807) is 18.2 Å². The number of carbonyl (C=O) groups is 2. The van der Waals surface area contributed by atoms with Crippen molar-refractivity contribution >= 4 is 29.1 Å². The molecule has 2 aromatic carbocycles. The van der Waals surface area contributed by atoms with Crippen LogP contribution in [0.25, 0.3) is 0 Å². The largest absolute Gasteiger partial charge is 0.272 e. The van der Waals surface area contributed by atoms with Crippen LogP contribution in [-0.4, -0.2) is 16.7 Å². The van der Waals surface area contributed by atoms with Crippen molar-refractivity contribution in [2.24, 2.45) is 0 Å². The fourth-order valence-corrected chi connectivity index (χ4v) is 2.79. The molecular formula is C17H14ClN3O4. The standard InChI is InChI=1S/C17H14ClN3O4/c18-13-3-1-2-12(10-13)17(8-9-17)16(23)20-19-15(22)11-4-6-14(7-5-11)21(24)25/h1-7,10H,8-9H2,(H,19,22)(H,20,23). The highest BCUT2D eigenvalue weighted by molar-refractivity contribution is 6.30. The van der Waals surface area contributed by atoms with Gasteiger partial charge in [-0.2, -0.15) is 0 Å². The minimum absolute atomic E-state index is 0.113. The van der Waals surface area contributed by atoms with Crippen molar-refractivity contribution in [3.05, 3.63) is 74.8 Å². The molecule has 2 aromatic rings. The summed E-state index contributed by atoms with van der Waals surface area (Å²) in [6, 6.07) is 12.2. The van der Waals surface area contributed by atoms with Crippen LogP contribution >= 0.6 is 11.6 Å². The molecule has 1 fully saturated rings. The molecule has 7 nitrogen and oxygen atoms in total. The number of nitrogens with one attached hydrogen (secondary N) is 2. The maximum atomic E-state index is 12.5. The minimum atomic E-state index is -0.673. The summed E-state index contributed by atoms with van der Waals surface area (Å²) in [6.45, 7) is 0. The molecule has 0 radical (unpaired) electrons. The summed E-state index contributed by atoms with van der Waals surface area (Å²) in [5.41, 5.74) is 4.99. The highest BCUT2D eigenvalue weighted by Gasteiger charge is 2.51. The summed E-state index contributed by atoms with van der Waals surface area (Å²) in [5.74, 6) is -0.866. The molecule has 0 aliphatic heterocycles. The van der Waals surface area contributed by atoms with Crippen LogP contribution in [0.1, 0.15) is 28.8 Å². The van der Waals surface area contributed by atoms with E-state index >= 15 is 0 Å². The molecule has 1 saturated carbocycles. The van der Waals surface area contributed by atoms with E-state index in [9.17, 15) is 19.7 Å². The molecule has 2 amide bonds. The summed E-state index contributed by atoms with van der Waals surface area (Å²) in [7, 11) is 0. The number of halogens is 1. The highest BCUT2D eigenvalue weighted by Crippen LogP contribution is 2.48. The van der Waals surface area contributed by atoms with Gasteiger partial charge in [-0.1, -0.05) is 23.7 Å². The second-order valence-corrected chi connectivity index (χ2v) is 6.24. The lowest BCUT2D eigenvalue weighted by molar-refractivity contribution is -0.384. The molecule has 3 rings (SSSR count). The predicted molar refractivity (Wildman–Crippen MR) is 91.1 cm³/mol. The predicted octanol–water partition coefficient (Wildman–Crippen LogP) is 2.74. The lowest BCUT2D eigenvalue weighted by Crippen LogP contribution is -2.46. The number of rotatable bonds is 4. The molecule has 0 unspecified atom stereocenters. The highest BCUT2D eigenvalue weighted by atomic mass is 35.5. The van der Waals surface area contributed by atoms with E-state index in [4.69, 9.17) is 11.6 Å². The average Bonchev–Trinajstić information content (AvgIpc) is 3.41. The van der Waals surface area contributed by atoms with Gasteiger partial charge in [0.2, 0.25) is 5.91 Å². The zero-order chi connectivity index (χ0) is 18.0. The van der Waals surface area contributed by atoms with E-state index < -0.39 is 16.2 Å². The van der Waals surface area contributed by atoms with Gasteiger partial charge in [0.25, 0.3) is 11.6 Å². The Hall–Kier alpha value is -2.93. The van der Waals surface area contributed by atoms with Crippen LogP contribution < -0.4 is 10.9 Å².